The largest absolute Gasteiger partial charge is 0.493 e. The van der Waals surface area contributed by atoms with E-state index in [-0.39, 0.29) is 0 Å². The predicted molar refractivity (Wildman–Crippen MR) is 94.3 cm³/mol. The molecule has 2 rings (SSSR count). The van der Waals surface area contributed by atoms with Gasteiger partial charge in [0.05, 0.1) is 19.1 Å². The molecule has 1 fully saturated rings. The summed E-state index contributed by atoms with van der Waals surface area (Å²) in [6.07, 6.45) is 1.77. The summed E-state index contributed by atoms with van der Waals surface area (Å²) in [5.74, 6) is 1.52. The number of ether oxygens (including phenoxy) is 2. The fourth-order valence-corrected chi connectivity index (χ4v) is 4.77. The SMILES string of the molecule is CCNCC1CCN(S(=O)(=O)c2cc(OC)c(OC)cc2C)CC1. The lowest BCUT2D eigenvalue weighted by atomic mass is 9.98. The summed E-state index contributed by atoms with van der Waals surface area (Å²) in [6, 6.07) is 3.28. The quantitative estimate of drug-likeness (QED) is 0.810. The van der Waals surface area contributed by atoms with Gasteiger partial charge in [-0.2, -0.15) is 4.31 Å². The first kappa shape index (κ1) is 19.0. The molecule has 0 bridgehead atoms. The first-order valence-corrected chi connectivity index (χ1v) is 9.81. The molecule has 136 valence electrons. The monoisotopic (exact) mass is 356 g/mol. The third-order valence-corrected chi connectivity index (χ3v) is 6.60. The number of methoxy groups -OCH3 is 2. The molecule has 0 radical (unpaired) electrons. The topological polar surface area (TPSA) is 67.9 Å². The van der Waals surface area contributed by atoms with Crippen molar-refractivity contribution < 1.29 is 17.9 Å². The van der Waals surface area contributed by atoms with Crippen molar-refractivity contribution in [3.8, 4) is 11.5 Å². The van der Waals surface area contributed by atoms with Gasteiger partial charge in [-0.25, -0.2) is 8.42 Å². The van der Waals surface area contributed by atoms with Crippen LogP contribution in [0.4, 0.5) is 0 Å². The standard InChI is InChI=1S/C17H28N2O4S/c1-5-18-12-14-6-8-19(9-7-14)24(20,21)17-11-16(23-4)15(22-3)10-13(17)2/h10-11,14,18H,5-9,12H2,1-4H3. The molecular formula is C17H28N2O4S. The van der Waals surface area contributed by atoms with Crippen LogP contribution < -0.4 is 14.8 Å². The molecule has 1 heterocycles. The minimum atomic E-state index is -3.52. The molecule has 0 saturated carbocycles. The van der Waals surface area contributed by atoms with Crippen LogP contribution in [0.3, 0.4) is 0 Å². The molecule has 0 spiro atoms. The Morgan fingerprint density at radius 1 is 1.17 bits per heavy atom. The highest BCUT2D eigenvalue weighted by Crippen LogP contribution is 2.34. The molecule has 24 heavy (non-hydrogen) atoms. The molecule has 0 aliphatic carbocycles. The molecule has 0 unspecified atom stereocenters. The summed E-state index contributed by atoms with van der Waals surface area (Å²) in [5, 5.41) is 3.34. The van der Waals surface area contributed by atoms with Gasteiger partial charge in [0.15, 0.2) is 11.5 Å². The van der Waals surface area contributed by atoms with Crippen molar-refractivity contribution in [2.24, 2.45) is 5.92 Å². The van der Waals surface area contributed by atoms with E-state index < -0.39 is 10.0 Å². The van der Waals surface area contributed by atoms with Crippen LogP contribution in [0.15, 0.2) is 17.0 Å². The van der Waals surface area contributed by atoms with Crippen LogP contribution in [0.25, 0.3) is 0 Å². The van der Waals surface area contributed by atoms with Gasteiger partial charge in [-0.3, -0.25) is 0 Å². The molecule has 6 nitrogen and oxygen atoms in total. The van der Waals surface area contributed by atoms with E-state index in [1.165, 1.54) is 7.11 Å². The average molecular weight is 356 g/mol. The predicted octanol–water partition coefficient (Wildman–Crippen LogP) is 2.02. The number of nitrogens with zero attached hydrogens (tertiary/aromatic N) is 1. The normalized spacial score (nSPS) is 17.0. The number of rotatable bonds is 7. The second-order valence-corrected chi connectivity index (χ2v) is 8.03. The molecule has 0 amide bonds. The van der Waals surface area contributed by atoms with E-state index in [4.69, 9.17) is 9.47 Å². The Kier molecular flexibility index (Phi) is 6.48. The molecule has 1 aliphatic rings. The molecule has 1 saturated heterocycles. The highest BCUT2D eigenvalue weighted by Gasteiger charge is 2.31. The van der Waals surface area contributed by atoms with Crippen molar-refractivity contribution in [2.45, 2.75) is 31.6 Å². The maximum absolute atomic E-state index is 13.0. The summed E-state index contributed by atoms with van der Waals surface area (Å²) in [5.41, 5.74) is 0.669. The van der Waals surface area contributed by atoms with Crippen LogP contribution in [-0.4, -0.2) is 53.1 Å². The van der Waals surface area contributed by atoms with Crippen molar-refractivity contribution in [3.05, 3.63) is 17.7 Å². The van der Waals surface area contributed by atoms with Crippen molar-refractivity contribution in [3.63, 3.8) is 0 Å². The Labute approximate surface area is 145 Å². The van der Waals surface area contributed by atoms with Crippen LogP contribution in [0.1, 0.15) is 25.3 Å². The minimum absolute atomic E-state index is 0.297. The lowest BCUT2D eigenvalue weighted by Gasteiger charge is -2.31. The molecule has 1 N–H and O–H groups in total. The number of hydrogen-bond acceptors (Lipinski definition) is 5. The Balaban J connectivity index is 2.19. The Morgan fingerprint density at radius 2 is 1.75 bits per heavy atom. The highest BCUT2D eigenvalue weighted by molar-refractivity contribution is 7.89. The molecule has 7 heteroatoms. The average Bonchev–Trinajstić information content (AvgIpc) is 2.59. The molecule has 0 atom stereocenters. The molecule has 1 aromatic rings. The van der Waals surface area contributed by atoms with E-state index in [9.17, 15) is 8.42 Å². The smallest absolute Gasteiger partial charge is 0.243 e. The van der Waals surface area contributed by atoms with Gasteiger partial charge in [0.2, 0.25) is 10.0 Å². The van der Waals surface area contributed by atoms with E-state index in [1.807, 2.05) is 0 Å². The van der Waals surface area contributed by atoms with Crippen LogP contribution in [0.5, 0.6) is 11.5 Å². The van der Waals surface area contributed by atoms with Gasteiger partial charge in [0.25, 0.3) is 0 Å². The van der Waals surface area contributed by atoms with Crippen molar-refractivity contribution in [1.29, 1.82) is 0 Å². The number of sulfonamides is 1. The first-order chi connectivity index (χ1) is 11.4. The second-order valence-electron chi connectivity index (χ2n) is 6.13. The van der Waals surface area contributed by atoms with Gasteiger partial charge in [-0.15, -0.1) is 0 Å². The van der Waals surface area contributed by atoms with E-state index in [1.54, 1.807) is 30.5 Å². The van der Waals surface area contributed by atoms with Crippen LogP contribution in [0, 0.1) is 12.8 Å². The summed E-state index contributed by atoms with van der Waals surface area (Å²) in [6.45, 7) is 6.90. The van der Waals surface area contributed by atoms with Gasteiger partial charge in [0.1, 0.15) is 0 Å². The zero-order valence-corrected chi connectivity index (χ0v) is 15.8. The maximum Gasteiger partial charge on any atom is 0.243 e. The van der Waals surface area contributed by atoms with Crippen molar-refractivity contribution in [2.75, 3.05) is 40.4 Å². The van der Waals surface area contributed by atoms with Crippen molar-refractivity contribution in [1.82, 2.24) is 9.62 Å². The van der Waals surface area contributed by atoms with Gasteiger partial charge < -0.3 is 14.8 Å². The lowest BCUT2D eigenvalue weighted by Crippen LogP contribution is -2.40. The lowest BCUT2D eigenvalue weighted by molar-refractivity contribution is 0.268. The van der Waals surface area contributed by atoms with Gasteiger partial charge in [0, 0.05) is 19.2 Å². The van der Waals surface area contributed by atoms with E-state index in [2.05, 4.69) is 12.2 Å². The number of piperidine rings is 1. The molecule has 1 aliphatic heterocycles. The maximum atomic E-state index is 13.0. The zero-order valence-electron chi connectivity index (χ0n) is 15.0. The number of benzene rings is 1. The van der Waals surface area contributed by atoms with Crippen molar-refractivity contribution >= 4 is 10.0 Å². The fraction of sp³-hybridized carbons (Fsp3) is 0.647. The van der Waals surface area contributed by atoms with E-state index >= 15 is 0 Å². The van der Waals surface area contributed by atoms with E-state index in [0.717, 1.165) is 25.9 Å². The van der Waals surface area contributed by atoms with Gasteiger partial charge in [-0.1, -0.05) is 6.92 Å². The first-order valence-electron chi connectivity index (χ1n) is 8.37. The summed E-state index contributed by atoms with van der Waals surface area (Å²) in [7, 11) is -0.465. The number of nitrogens with one attached hydrogen (secondary N) is 1. The number of hydrogen-bond donors (Lipinski definition) is 1. The fourth-order valence-electron chi connectivity index (χ4n) is 3.08. The molecular weight excluding hydrogens is 328 g/mol. The minimum Gasteiger partial charge on any atom is -0.493 e. The van der Waals surface area contributed by atoms with E-state index in [0.29, 0.717) is 41.0 Å². The summed E-state index contributed by atoms with van der Waals surface area (Å²) in [4.78, 5) is 0.297. The van der Waals surface area contributed by atoms with Crippen LogP contribution >= 0.6 is 0 Å². The van der Waals surface area contributed by atoms with Crippen LogP contribution in [0.2, 0.25) is 0 Å². The summed E-state index contributed by atoms with van der Waals surface area (Å²) >= 11 is 0. The third-order valence-electron chi connectivity index (χ3n) is 4.56. The highest BCUT2D eigenvalue weighted by atomic mass is 32.2. The van der Waals surface area contributed by atoms with Crippen LogP contribution in [-0.2, 0) is 10.0 Å². The summed E-state index contributed by atoms with van der Waals surface area (Å²) < 4.78 is 38.1. The molecule has 0 aromatic heterocycles. The Bertz CT molecular complexity index is 653. The molecule has 1 aromatic carbocycles. The number of aryl methyl sites for hydroxylation is 1. The second kappa shape index (κ2) is 8.18. The zero-order chi connectivity index (χ0) is 17.7. The van der Waals surface area contributed by atoms with Gasteiger partial charge in [-0.05, 0) is 50.4 Å². The Hall–Kier alpha value is -1.31. The van der Waals surface area contributed by atoms with Gasteiger partial charge >= 0.3 is 0 Å². The third kappa shape index (κ3) is 4.02. The Morgan fingerprint density at radius 3 is 2.29 bits per heavy atom.